The van der Waals surface area contributed by atoms with E-state index in [1.165, 1.54) is 0 Å². The summed E-state index contributed by atoms with van der Waals surface area (Å²) in [6.45, 7) is 0. The summed E-state index contributed by atoms with van der Waals surface area (Å²) in [5, 5.41) is 9.08. The van der Waals surface area contributed by atoms with E-state index in [-0.39, 0.29) is 5.95 Å². The van der Waals surface area contributed by atoms with Gasteiger partial charge in [-0.2, -0.15) is 0 Å². The zero-order valence-corrected chi connectivity index (χ0v) is 29.1. The molecular formula is C46H37N7. The molecule has 256 valence electrons. The molecule has 53 heavy (non-hydrogen) atoms. The lowest BCUT2D eigenvalue weighted by Gasteiger charge is -2.27. The standard InChI is InChI=1S/C46H37N7/c47-44-42(34-22-26-40(27-23-34)52(36-14-5-1-6-15-36)37-16-7-2-8-17-37)30-31-43(45(44)50-51-46-48-32-13-33-49-46)35-24-28-41(29-25-35)53(38-18-9-3-10-19-38)39-20-11-4-12-21-39/h1-3,5-11,13-33H,4,12,47H2. The maximum absolute atomic E-state index is 7.02. The highest BCUT2D eigenvalue weighted by atomic mass is 15.2. The Labute approximate surface area is 309 Å². The summed E-state index contributed by atoms with van der Waals surface area (Å²) in [5.74, 6) is 0.261. The summed E-state index contributed by atoms with van der Waals surface area (Å²) in [7, 11) is 0. The molecule has 7 nitrogen and oxygen atoms in total. The van der Waals surface area contributed by atoms with Crippen molar-refractivity contribution in [3.63, 3.8) is 0 Å². The molecule has 6 aromatic carbocycles. The largest absolute Gasteiger partial charge is 0.396 e. The Kier molecular flexibility index (Phi) is 9.61. The van der Waals surface area contributed by atoms with Crippen molar-refractivity contribution in [2.45, 2.75) is 12.8 Å². The van der Waals surface area contributed by atoms with Crippen LogP contribution in [0.25, 0.3) is 22.3 Å². The molecule has 7 heteroatoms. The van der Waals surface area contributed by atoms with Gasteiger partial charge in [-0.15, -0.1) is 10.2 Å². The lowest BCUT2D eigenvalue weighted by atomic mass is 9.95. The van der Waals surface area contributed by atoms with Crippen LogP contribution in [0.15, 0.2) is 204 Å². The highest BCUT2D eigenvalue weighted by Crippen LogP contribution is 2.44. The normalized spacial score (nSPS) is 12.4. The summed E-state index contributed by atoms with van der Waals surface area (Å²) >= 11 is 0. The predicted octanol–water partition coefficient (Wildman–Crippen LogP) is 12.6. The molecule has 8 rings (SSSR count). The fourth-order valence-corrected chi connectivity index (χ4v) is 6.61. The number of nitrogen functional groups attached to an aromatic ring is 1. The maximum Gasteiger partial charge on any atom is 0.268 e. The number of aromatic nitrogens is 2. The van der Waals surface area contributed by atoms with E-state index in [2.05, 4.69) is 182 Å². The second kappa shape index (κ2) is 15.4. The van der Waals surface area contributed by atoms with Crippen LogP contribution in [0.3, 0.4) is 0 Å². The third-order valence-corrected chi connectivity index (χ3v) is 9.16. The van der Waals surface area contributed by atoms with Crippen LogP contribution < -0.4 is 15.5 Å². The minimum atomic E-state index is 0.261. The Morgan fingerprint density at radius 1 is 0.472 bits per heavy atom. The molecule has 0 aliphatic heterocycles. The van der Waals surface area contributed by atoms with Crippen molar-refractivity contribution >= 4 is 45.8 Å². The Morgan fingerprint density at radius 2 is 0.962 bits per heavy atom. The molecular weight excluding hydrogens is 651 g/mol. The third-order valence-electron chi connectivity index (χ3n) is 9.16. The number of nitrogens with zero attached hydrogens (tertiary/aromatic N) is 6. The van der Waals surface area contributed by atoms with Crippen LogP contribution in [0.4, 0.5) is 45.8 Å². The molecule has 2 N–H and O–H groups in total. The average molecular weight is 688 g/mol. The predicted molar refractivity (Wildman–Crippen MR) is 218 cm³/mol. The minimum absolute atomic E-state index is 0.261. The van der Waals surface area contributed by atoms with Gasteiger partial charge in [-0.1, -0.05) is 103 Å². The number of hydrogen-bond acceptors (Lipinski definition) is 7. The molecule has 0 bridgehead atoms. The van der Waals surface area contributed by atoms with Gasteiger partial charge >= 0.3 is 0 Å². The lowest BCUT2D eigenvalue weighted by Crippen LogP contribution is -2.16. The molecule has 0 saturated heterocycles. The van der Waals surface area contributed by atoms with Crippen LogP contribution in [0.2, 0.25) is 0 Å². The molecule has 0 saturated carbocycles. The van der Waals surface area contributed by atoms with Crippen LogP contribution in [0.1, 0.15) is 12.8 Å². The van der Waals surface area contributed by atoms with Gasteiger partial charge in [-0.3, -0.25) is 0 Å². The molecule has 7 aromatic rings. The summed E-state index contributed by atoms with van der Waals surface area (Å²) in [6.07, 6.45) is 12.1. The van der Waals surface area contributed by atoms with Crippen LogP contribution in [0.5, 0.6) is 0 Å². The molecule has 1 aliphatic rings. The molecule has 1 aromatic heterocycles. The first kappa shape index (κ1) is 33.0. The van der Waals surface area contributed by atoms with Crippen molar-refractivity contribution in [1.29, 1.82) is 0 Å². The zero-order chi connectivity index (χ0) is 35.8. The summed E-state index contributed by atoms with van der Waals surface area (Å²) in [6, 6.07) is 54.0. The first-order valence-corrected chi connectivity index (χ1v) is 17.7. The average Bonchev–Trinajstić information content (AvgIpc) is 3.23. The van der Waals surface area contributed by atoms with Crippen LogP contribution in [-0.2, 0) is 0 Å². The van der Waals surface area contributed by atoms with Crippen molar-refractivity contribution in [2.24, 2.45) is 10.2 Å². The van der Waals surface area contributed by atoms with Crippen LogP contribution >= 0.6 is 0 Å². The smallest absolute Gasteiger partial charge is 0.268 e. The van der Waals surface area contributed by atoms with Crippen LogP contribution in [-0.4, -0.2) is 9.97 Å². The number of hydrogen-bond donors (Lipinski definition) is 1. The Hall–Kier alpha value is -7.12. The summed E-state index contributed by atoms with van der Waals surface area (Å²) < 4.78 is 0. The Balaban J connectivity index is 1.17. The second-order valence-corrected chi connectivity index (χ2v) is 12.6. The topological polar surface area (TPSA) is 83.0 Å². The van der Waals surface area contributed by atoms with E-state index in [9.17, 15) is 0 Å². The fraction of sp³-hybridized carbons (Fsp3) is 0.0435. The molecule has 0 fully saturated rings. The number of nitrogens with two attached hydrogens (primary N) is 1. The van der Waals surface area contributed by atoms with Crippen molar-refractivity contribution in [3.8, 4) is 22.3 Å². The van der Waals surface area contributed by atoms with Gasteiger partial charge in [0.05, 0.1) is 5.69 Å². The third kappa shape index (κ3) is 7.22. The van der Waals surface area contributed by atoms with Crippen molar-refractivity contribution in [1.82, 2.24) is 9.97 Å². The molecule has 0 amide bonds. The highest BCUT2D eigenvalue weighted by molar-refractivity contribution is 5.94. The number of benzene rings is 6. The van der Waals surface area contributed by atoms with E-state index in [4.69, 9.17) is 5.73 Å². The zero-order valence-electron chi connectivity index (χ0n) is 29.1. The summed E-state index contributed by atoms with van der Waals surface area (Å²) in [5.41, 5.74) is 18.2. The molecule has 1 aliphatic carbocycles. The second-order valence-electron chi connectivity index (χ2n) is 12.6. The van der Waals surface area contributed by atoms with Gasteiger partial charge in [0.2, 0.25) is 0 Å². The van der Waals surface area contributed by atoms with Crippen molar-refractivity contribution in [2.75, 3.05) is 15.5 Å². The molecule has 0 unspecified atom stereocenters. The van der Waals surface area contributed by atoms with E-state index in [0.29, 0.717) is 11.4 Å². The van der Waals surface area contributed by atoms with Crippen molar-refractivity contribution < 1.29 is 0 Å². The first-order valence-electron chi connectivity index (χ1n) is 17.7. The van der Waals surface area contributed by atoms with E-state index in [0.717, 1.165) is 69.2 Å². The van der Waals surface area contributed by atoms with E-state index < -0.39 is 0 Å². The number of para-hydroxylation sites is 3. The van der Waals surface area contributed by atoms with E-state index >= 15 is 0 Å². The lowest BCUT2D eigenvalue weighted by molar-refractivity contribution is 0.997. The summed E-state index contributed by atoms with van der Waals surface area (Å²) in [4.78, 5) is 13.0. The number of rotatable bonds is 10. The molecule has 1 heterocycles. The van der Waals surface area contributed by atoms with Crippen LogP contribution in [0, 0.1) is 0 Å². The number of allylic oxidation sites excluding steroid dienone is 3. The monoisotopic (exact) mass is 687 g/mol. The quantitative estimate of drug-likeness (QED) is 0.114. The van der Waals surface area contributed by atoms with E-state index in [1.807, 2.05) is 18.2 Å². The Morgan fingerprint density at radius 3 is 1.51 bits per heavy atom. The van der Waals surface area contributed by atoms with Gasteiger partial charge < -0.3 is 15.5 Å². The molecule has 0 atom stereocenters. The first-order chi connectivity index (χ1) is 26.2. The van der Waals surface area contributed by atoms with Gasteiger partial charge in [0.1, 0.15) is 5.69 Å². The van der Waals surface area contributed by atoms with Gasteiger partial charge in [0.15, 0.2) is 0 Å². The number of azo groups is 1. The number of anilines is 6. The van der Waals surface area contributed by atoms with Gasteiger partial charge in [0.25, 0.3) is 5.95 Å². The highest BCUT2D eigenvalue weighted by Gasteiger charge is 2.18. The molecule has 0 radical (unpaired) electrons. The Bertz CT molecular complexity index is 2330. The van der Waals surface area contributed by atoms with Gasteiger partial charge in [-0.25, -0.2) is 9.97 Å². The SMILES string of the molecule is Nc1c(-c2ccc(N(c3ccccc3)c3ccccc3)cc2)ccc(-c2ccc(N(C3=CCCC=C3)c3ccccc3)cc2)c1N=Nc1ncccn1. The maximum atomic E-state index is 7.02. The van der Waals surface area contributed by atoms with Gasteiger partial charge in [-0.05, 0) is 96.8 Å². The van der Waals surface area contributed by atoms with E-state index in [1.54, 1.807) is 18.5 Å². The minimum Gasteiger partial charge on any atom is -0.396 e. The van der Waals surface area contributed by atoms with Crippen molar-refractivity contribution in [3.05, 3.63) is 194 Å². The fourth-order valence-electron chi connectivity index (χ4n) is 6.61. The molecule has 0 spiro atoms. The van der Waals surface area contributed by atoms with Gasteiger partial charge in [0, 0.05) is 57.7 Å².